The first-order valence-corrected chi connectivity index (χ1v) is 4.70. The largest absolute Gasteiger partial charge is 0.262 e. The first-order chi connectivity index (χ1) is 6.00. The summed E-state index contributed by atoms with van der Waals surface area (Å²) in [5.41, 5.74) is 0. The predicted molar refractivity (Wildman–Crippen MR) is 49.7 cm³/mol. The third kappa shape index (κ3) is 4.83. The Balaban J connectivity index is 0.000000120. The lowest BCUT2D eigenvalue weighted by molar-refractivity contribution is 0.504. The van der Waals surface area contributed by atoms with E-state index in [1.165, 1.54) is 38.5 Å². The van der Waals surface area contributed by atoms with Crippen LogP contribution in [0.1, 0.15) is 38.5 Å². The molecule has 12 heavy (non-hydrogen) atoms. The van der Waals surface area contributed by atoms with Gasteiger partial charge >= 0.3 is 0 Å². The maximum Gasteiger partial charge on any atom is 0.0451 e. The van der Waals surface area contributed by atoms with E-state index < -0.39 is 0 Å². The van der Waals surface area contributed by atoms with Gasteiger partial charge in [0.05, 0.1) is 0 Å². The van der Waals surface area contributed by atoms with Crippen LogP contribution in [0.5, 0.6) is 0 Å². The Kier molecular flexibility index (Phi) is 5.17. The molecule has 0 unspecified atom stereocenters. The van der Waals surface area contributed by atoms with Crippen LogP contribution in [0.15, 0.2) is 24.8 Å². The minimum atomic E-state index is 1.50. The summed E-state index contributed by atoms with van der Waals surface area (Å²) in [5, 5.41) is 0. The smallest absolute Gasteiger partial charge is 0.0451 e. The highest BCUT2D eigenvalue weighted by atomic mass is 14.7. The molecule has 2 heteroatoms. The average Bonchev–Trinajstić information content (AvgIpc) is 2.24. The molecule has 1 aliphatic rings. The summed E-state index contributed by atoms with van der Waals surface area (Å²) in [6.07, 6.45) is 15.6. The van der Waals surface area contributed by atoms with Crippen LogP contribution in [0.2, 0.25) is 0 Å². The van der Waals surface area contributed by atoms with E-state index in [4.69, 9.17) is 0 Å². The van der Waals surface area contributed by atoms with Gasteiger partial charge in [-0.25, -0.2) is 0 Å². The third-order valence-electron chi connectivity index (χ3n) is 1.98. The standard InChI is InChI=1S/C6H12.C4H4N2/c1-2-4-6-5-3-1;1-2-6-4-3-5-1/h1-6H2;1-4H. The summed E-state index contributed by atoms with van der Waals surface area (Å²) < 4.78 is 0. The lowest BCUT2D eigenvalue weighted by Crippen LogP contribution is -1.85. The van der Waals surface area contributed by atoms with Crippen molar-refractivity contribution in [3.63, 3.8) is 0 Å². The van der Waals surface area contributed by atoms with Crippen LogP contribution >= 0.6 is 0 Å². The highest BCUT2D eigenvalue weighted by Gasteiger charge is 1.95. The molecule has 2 rings (SSSR count). The molecule has 66 valence electrons. The Hall–Kier alpha value is -0.920. The molecule has 2 nitrogen and oxygen atoms in total. The number of aromatic nitrogens is 2. The van der Waals surface area contributed by atoms with Gasteiger partial charge in [0, 0.05) is 24.8 Å². The van der Waals surface area contributed by atoms with Gasteiger partial charge in [0.15, 0.2) is 0 Å². The van der Waals surface area contributed by atoms with Crippen molar-refractivity contribution in [3.05, 3.63) is 24.8 Å². The van der Waals surface area contributed by atoms with Crippen LogP contribution in [0.3, 0.4) is 0 Å². The predicted octanol–water partition coefficient (Wildman–Crippen LogP) is 2.82. The molecule has 0 bridgehead atoms. The second-order valence-electron chi connectivity index (χ2n) is 3.02. The zero-order valence-electron chi connectivity index (χ0n) is 7.45. The van der Waals surface area contributed by atoms with Crippen molar-refractivity contribution in [1.29, 1.82) is 0 Å². The third-order valence-corrected chi connectivity index (χ3v) is 1.98. The topological polar surface area (TPSA) is 25.8 Å². The Bertz CT molecular complexity index is 132. The number of hydrogen-bond acceptors (Lipinski definition) is 2. The molecule has 1 saturated carbocycles. The van der Waals surface area contributed by atoms with Gasteiger partial charge in [-0.05, 0) is 0 Å². The van der Waals surface area contributed by atoms with Gasteiger partial charge in [-0.1, -0.05) is 38.5 Å². The van der Waals surface area contributed by atoms with Crippen molar-refractivity contribution in [2.75, 3.05) is 0 Å². The summed E-state index contributed by atoms with van der Waals surface area (Å²) in [4.78, 5) is 7.44. The summed E-state index contributed by atoms with van der Waals surface area (Å²) >= 11 is 0. The molecule has 0 spiro atoms. The summed E-state index contributed by atoms with van der Waals surface area (Å²) in [6.45, 7) is 0. The fourth-order valence-electron chi connectivity index (χ4n) is 1.31. The van der Waals surface area contributed by atoms with E-state index >= 15 is 0 Å². The van der Waals surface area contributed by atoms with Crippen LogP contribution in [-0.4, -0.2) is 9.97 Å². The van der Waals surface area contributed by atoms with E-state index in [9.17, 15) is 0 Å². The number of nitrogens with zero attached hydrogens (tertiary/aromatic N) is 2. The molecule has 0 aliphatic heterocycles. The van der Waals surface area contributed by atoms with Crippen molar-refractivity contribution >= 4 is 0 Å². The zero-order chi connectivity index (χ0) is 8.49. The molecule has 0 radical (unpaired) electrons. The molecule has 0 amide bonds. The molecule has 1 fully saturated rings. The molecule has 1 aromatic heterocycles. The van der Waals surface area contributed by atoms with Crippen LogP contribution in [0, 0.1) is 0 Å². The second-order valence-corrected chi connectivity index (χ2v) is 3.02. The van der Waals surface area contributed by atoms with E-state index in [-0.39, 0.29) is 0 Å². The molecule has 1 aliphatic carbocycles. The highest BCUT2D eigenvalue weighted by molar-refractivity contribution is 4.70. The Morgan fingerprint density at radius 2 is 0.750 bits per heavy atom. The molecule has 0 atom stereocenters. The first-order valence-electron chi connectivity index (χ1n) is 4.70. The fourth-order valence-corrected chi connectivity index (χ4v) is 1.31. The second kappa shape index (κ2) is 6.77. The molecular weight excluding hydrogens is 148 g/mol. The van der Waals surface area contributed by atoms with Crippen molar-refractivity contribution in [2.45, 2.75) is 38.5 Å². The van der Waals surface area contributed by atoms with Gasteiger partial charge in [0.2, 0.25) is 0 Å². The van der Waals surface area contributed by atoms with Gasteiger partial charge in [-0.15, -0.1) is 0 Å². The molecule has 1 aromatic rings. The monoisotopic (exact) mass is 164 g/mol. The van der Waals surface area contributed by atoms with E-state index in [1.54, 1.807) is 24.8 Å². The Labute approximate surface area is 74.1 Å². The summed E-state index contributed by atoms with van der Waals surface area (Å²) in [6, 6.07) is 0. The van der Waals surface area contributed by atoms with Crippen molar-refractivity contribution in [1.82, 2.24) is 9.97 Å². The quantitative estimate of drug-likeness (QED) is 0.589. The van der Waals surface area contributed by atoms with E-state index in [0.717, 1.165) is 0 Å². The fraction of sp³-hybridized carbons (Fsp3) is 0.600. The molecule has 0 N–H and O–H groups in total. The minimum Gasteiger partial charge on any atom is -0.262 e. The maximum absolute atomic E-state index is 3.72. The van der Waals surface area contributed by atoms with Gasteiger partial charge in [-0.3, -0.25) is 9.97 Å². The van der Waals surface area contributed by atoms with Crippen molar-refractivity contribution < 1.29 is 0 Å². The Morgan fingerprint density at radius 1 is 0.500 bits per heavy atom. The van der Waals surface area contributed by atoms with Gasteiger partial charge in [0.1, 0.15) is 0 Å². The van der Waals surface area contributed by atoms with Crippen LogP contribution < -0.4 is 0 Å². The SMILES string of the molecule is C1CCCCC1.c1cnccn1. The highest BCUT2D eigenvalue weighted by Crippen LogP contribution is 2.15. The van der Waals surface area contributed by atoms with E-state index in [0.29, 0.717) is 0 Å². The van der Waals surface area contributed by atoms with E-state index in [1.807, 2.05) is 0 Å². The van der Waals surface area contributed by atoms with Crippen molar-refractivity contribution in [3.8, 4) is 0 Å². The molecule has 1 heterocycles. The lowest BCUT2D eigenvalue weighted by Gasteiger charge is -2.05. The average molecular weight is 164 g/mol. The van der Waals surface area contributed by atoms with Crippen LogP contribution in [0.4, 0.5) is 0 Å². The normalized spacial score (nSPS) is 16.0. The molecule has 0 saturated heterocycles. The summed E-state index contributed by atoms with van der Waals surface area (Å²) in [7, 11) is 0. The lowest BCUT2D eigenvalue weighted by atomic mass is 10.0. The van der Waals surface area contributed by atoms with Crippen LogP contribution in [-0.2, 0) is 0 Å². The van der Waals surface area contributed by atoms with Crippen molar-refractivity contribution in [2.24, 2.45) is 0 Å². The van der Waals surface area contributed by atoms with Crippen LogP contribution in [0.25, 0.3) is 0 Å². The minimum absolute atomic E-state index is 1.50. The van der Waals surface area contributed by atoms with Gasteiger partial charge in [0.25, 0.3) is 0 Å². The maximum atomic E-state index is 3.72. The van der Waals surface area contributed by atoms with E-state index in [2.05, 4.69) is 9.97 Å². The molecule has 0 aromatic carbocycles. The molecular formula is C10H16N2. The number of hydrogen-bond donors (Lipinski definition) is 0. The van der Waals surface area contributed by atoms with Gasteiger partial charge in [-0.2, -0.15) is 0 Å². The zero-order valence-corrected chi connectivity index (χ0v) is 7.45. The first kappa shape index (κ1) is 9.17. The number of rotatable bonds is 0. The Morgan fingerprint density at radius 3 is 0.917 bits per heavy atom. The van der Waals surface area contributed by atoms with Gasteiger partial charge < -0.3 is 0 Å². The summed E-state index contributed by atoms with van der Waals surface area (Å²) in [5.74, 6) is 0.